The molecule has 0 saturated carbocycles. The Morgan fingerprint density at radius 2 is 1.77 bits per heavy atom. The van der Waals surface area contributed by atoms with Gasteiger partial charge < -0.3 is 10.1 Å². The van der Waals surface area contributed by atoms with E-state index < -0.39 is 33.4 Å². The number of hydrogen-bond donors (Lipinski definition) is 1. The Morgan fingerprint density at radius 1 is 1.13 bits per heavy atom. The van der Waals surface area contributed by atoms with Gasteiger partial charge in [-0.05, 0) is 49.1 Å². The number of sulfonamides is 1. The summed E-state index contributed by atoms with van der Waals surface area (Å²) in [6.45, 7) is 2.80. The van der Waals surface area contributed by atoms with Crippen LogP contribution in [0.25, 0.3) is 0 Å². The molecule has 6 nitrogen and oxygen atoms in total. The average molecular weight is 456 g/mol. The van der Waals surface area contributed by atoms with Gasteiger partial charge >= 0.3 is 6.18 Å². The number of carbonyl (C=O) groups is 1. The van der Waals surface area contributed by atoms with Crippen LogP contribution >= 0.6 is 0 Å². The fourth-order valence-electron chi connectivity index (χ4n) is 3.43. The molecular weight excluding hydrogens is 433 g/mol. The molecule has 0 aliphatic carbocycles. The summed E-state index contributed by atoms with van der Waals surface area (Å²) in [5, 5.41) is 2.22. The molecule has 0 spiro atoms. The molecule has 0 bridgehead atoms. The molecule has 1 heterocycles. The van der Waals surface area contributed by atoms with Gasteiger partial charge in [0, 0.05) is 13.1 Å². The maximum atomic E-state index is 13.2. The Hall–Kier alpha value is -2.59. The van der Waals surface area contributed by atoms with Crippen LogP contribution in [0.2, 0.25) is 0 Å². The van der Waals surface area contributed by atoms with Crippen molar-refractivity contribution in [2.75, 3.05) is 25.5 Å². The predicted octanol–water partition coefficient (Wildman–Crippen LogP) is 4.39. The highest BCUT2D eigenvalue weighted by molar-refractivity contribution is 7.89. The third-order valence-corrected chi connectivity index (χ3v) is 7.17. The molecule has 0 aromatic heterocycles. The number of piperidine rings is 1. The lowest BCUT2D eigenvalue weighted by atomic mass is 10.0. The van der Waals surface area contributed by atoms with Gasteiger partial charge in [-0.1, -0.05) is 19.1 Å². The van der Waals surface area contributed by atoms with Gasteiger partial charge in [0.15, 0.2) is 0 Å². The number of amides is 1. The van der Waals surface area contributed by atoms with Crippen LogP contribution < -0.4 is 10.1 Å². The van der Waals surface area contributed by atoms with E-state index in [0.717, 1.165) is 31.0 Å². The third kappa shape index (κ3) is 5.01. The van der Waals surface area contributed by atoms with E-state index in [9.17, 15) is 26.4 Å². The van der Waals surface area contributed by atoms with Gasteiger partial charge in [-0.25, -0.2) is 8.42 Å². The summed E-state index contributed by atoms with van der Waals surface area (Å²) >= 11 is 0. The first-order chi connectivity index (χ1) is 14.5. The van der Waals surface area contributed by atoms with Crippen LogP contribution in [0.5, 0.6) is 5.75 Å². The number of anilines is 1. The second kappa shape index (κ2) is 8.88. The number of hydrogen-bond acceptors (Lipinski definition) is 4. The highest BCUT2D eigenvalue weighted by Gasteiger charge is 2.34. The van der Waals surface area contributed by atoms with E-state index in [-0.39, 0.29) is 16.2 Å². The molecule has 1 N–H and O–H groups in total. The molecule has 0 atom stereocenters. The first kappa shape index (κ1) is 23.1. The summed E-state index contributed by atoms with van der Waals surface area (Å²) in [4.78, 5) is 12.7. The second-order valence-corrected chi connectivity index (χ2v) is 9.38. The van der Waals surface area contributed by atoms with E-state index in [4.69, 9.17) is 4.74 Å². The highest BCUT2D eigenvalue weighted by Crippen LogP contribution is 2.35. The number of nitrogens with one attached hydrogen (secondary N) is 1. The summed E-state index contributed by atoms with van der Waals surface area (Å²) in [7, 11) is -2.57. The minimum absolute atomic E-state index is 0.0493. The lowest BCUT2D eigenvalue weighted by Crippen LogP contribution is -2.38. The molecule has 3 rings (SSSR count). The number of halogens is 3. The first-order valence-electron chi connectivity index (χ1n) is 9.70. The third-order valence-electron chi connectivity index (χ3n) is 5.28. The van der Waals surface area contributed by atoms with Gasteiger partial charge in [-0.3, -0.25) is 4.79 Å². The summed E-state index contributed by atoms with van der Waals surface area (Å²) in [5.41, 5.74) is -1.61. The van der Waals surface area contributed by atoms with E-state index >= 15 is 0 Å². The van der Waals surface area contributed by atoms with Gasteiger partial charge in [0.1, 0.15) is 5.75 Å². The van der Waals surface area contributed by atoms with Crippen molar-refractivity contribution in [3.05, 3.63) is 53.6 Å². The van der Waals surface area contributed by atoms with E-state index in [2.05, 4.69) is 12.2 Å². The lowest BCUT2D eigenvalue weighted by Gasteiger charge is -2.29. The molecule has 1 aliphatic rings. The minimum atomic E-state index is -4.66. The van der Waals surface area contributed by atoms with Crippen LogP contribution in [0.4, 0.5) is 18.9 Å². The Bertz CT molecular complexity index is 1060. The number of carbonyl (C=O) groups excluding carboxylic acids is 1. The van der Waals surface area contributed by atoms with Crippen molar-refractivity contribution in [3.63, 3.8) is 0 Å². The number of ether oxygens (including phenoxy) is 1. The second-order valence-electron chi connectivity index (χ2n) is 7.45. The van der Waals surface area contributed by atoms with Gasteiger partial charge in [0.25, 0.3) is 5.91 Å². The van der Waals surface area contributed by atoms with Crippen molar-refractivity contribution in [1.82, 2.24) is 4.31 Å². The zero-order chi connectivity index (χ0) is 22.8. The molecular formula is C21H23F3N2O4S. The molecule has 1 fully saturated rings. The molecule has 168 valence electrons. The van der Waals surface area contributed by atoms with E-state index in [1.54, 1.807) is 0 Å². The Morgan fingerprint density at radius 3 is 2.39 bits per heavy atom. The molecule has 0 radical (unpaired) electrons. The quantitative estimate of drug-likeness (QED) is 0.724. The molecule has 1 amide bonds. The van der Waals surface area contributed by atoms with Gasteiger partial charge in [0.2, 0.25) is 10.0 Å². The Kier molecular flexibility index (Phi) is 6.61. The van der Waals surface area contributed by atoms with Crippen LogP contribution in [0.1, 0.15) is 35.7 Å². The van der Waals surface area contributed by atoms with Crippen molar-refractivity contribution >= 4 is 21.6 Å². The van der Waals surface area contributed by atoms with Crippen LogP contribution in [0.3, 0.4) is 0 Å². The zero-order valence-corrected chi connectivity index (χ0v) is 17.9. The van der Waals surface area contributed by atoms with Crippen molar-refractivity contribution < 1.29 is 31.1 Å². The predicted molar refractivity (Wildman–Crippen MR) is 110 cm³/mol. The number of methoxy groups -OCH3 is 1. The number of nitrogens with zero attached hydrogens (tertiary/aromatic N) is 1. The van der Waals surface area contributed by atoms with Crippen LogP contribution in [0, 0.1) is 5.92 Å². The minimum Gasteiger partial charge on any atom is -0.496 e. The molecule has 0 unspecified atom stereocenters. The number of benzene rings is 2. The smallest absolute Gasteiger partial charge is 0.418 e. The molecule has 2 aromatic carbocycles. The SMILES string of the molecule is COc1ccc(S(=O)(=O)N2CCC(C)CC2)cc1C(=O)Nc1ccccc1C(F)(F)F. The standard InChI is InChI=1S/C21H23F3N2O4S/c1-14-9-11-26(12-10-14)31(28,29)15-7-8-19(30-2)16(13-15)20(27)25-18-6-4-3-5-17(18)21(22,23)24/h3-8,13-14H,9-12H2,1-2H3,(H,25,27). The molecule has 1 saturated heterocycles. The highest BCUT2D eigenvalue weighted by atomic mass is 32.2. The van der Waals surface area contributed by atoms with Crippen molar-refractivity contribution in [2.45, 2.75) is 30.8 Å². The van der Waals surface area contributed by atoms with Crippen molar-refractivity contribution in [3.8, 4) is 5.75 Å². The van der Waals surface area contributed by atoms with Gasteiger partial charge in [-0.15, -0.1) is 0 Å². The molecule has 10 heteroatoms. The zero-order valence-electron chi connectivity index (χ0n) is 17.1. The monoisotopic (exact) mass is 456 g/mol. The van der Waals surface area contributed by atoms with Crippen molar-refractivity contribution in [2.24, 2.45) is 5.92 Å². The Balaban J connectivity index is 1.94. The van der Waals surface area contributed by atoms with Crippen LogP contribution in [-0.2, 0) is 16.2 Å². The largest absolute Gasteiger partial charge is 0.496 e. The molecule has 1 aliphatic heterocycles. The lowest BCUT2D eigenvalue weighted by molar-refractivity contribution is -0.136. The molecule has 2 aromatic rings. The first-order valence-corrected chi connectivity index (χ1v) is 11.1. The maximum Gasteiger partial charge on any atom is 0.418 e. The average Bonchev–Trinajstić information content (AvgIpc) is 2.73. The topological polar surface area (TPSA) is 75.7 Å². The summed E-state index contributed by atoms with van der Waals surface area (Å²) in [6, 6.07) is 8.34. The van der Waals surface area contributed by atoms with Crippen molar-refractivity contribution in [1.29, 1.82) is 0 Å². The Labute approximate surface area is 179 Å². The number of para-hydroxylation sites is 1. The maximum absolute atomic E-state index is 13.2. The molecule has 31 heavy (non-hydrogen) atoms. The van der Waals surface area contributed by atoms with E-state index in [1.807, 2.05) is 0 Å². The van der Waals surface area contributed by atoms with Gasteiger partial charge in [0.05, 0.1) is 28.8 Å². The summed E-state index contributed by atoms with van der Waals surface area (Å²) in [5.74, 6) is -0.427. The number of alkyl halides is 3. The van der Waals surface area contributed by atoms with E-state index in [1.165, 1.54) is 35.7 Å². The summed E-state index contributed by atoms with van der Waals surface area (Å²) < 4.78 is 72.2. The van der Waals surface area contributed by atoms with Crippen LogP contribution in [-0.4, -0.2) is 38.8 Å². The van der Waals surface area contributed by atoms with E-state index in [0.29, 0.717) is 19.0 Å². The summed E-state index contributed by atoms with van der Waals surface area (Å²) in [6.07, 6.45) is -3.20. The fourth-order valence-corrected chi connectivity index (χ4v) is 4.92. The fraction of sp³-hybridized carbons (Fsp3) is 0.381. The number of rotatable bonds is 5. The van der Waals surface area contributed by atoms with Crippen LogP contribution in [0.15, 0.2) is 47.4 Å². The normalized spacial score (nSPS) is 16.2. The van der Waals surface area contributed by atoms with Gasteiger partial charge in [-0.2, -0.15) is 17.5 Å².